The first-order chi connectivity index (χ1) is 10.3. The number of ether oxygens (including phenoxy) is 1. The molecule has 0 saturated heterocycles. The van der Waals surface area contributed by atoms with E-state index in [0.717, 1.165) is 10.9 Å². The van der Waals surface area contributed by atoms with E-state index in [1.807, 2.05) is 6.92 Å². The number of aromatic nitrogens is 2. The van der Waals surface area contributed by atoms with Gasteiger partial charge < -0.3 is 15.2 Å². The zero-order valence-electron chi connectivity index (χ0n) is 12.8. The standard InChI is InChI=1S/C14H18ClN3O3S/c1-6(2)21-13(20)10-8(4)9-11(16-5-7(3)19)17-14(15)18-12(9)22-10/h6-7,19H,5H2,1-4H3,(H,16,17,18). The number of nitrogens with one attached hydrogen (secondary N) is 1. The number of halogens is 1. The molecule has 2 heterocycles. The van der Waals surface area contributed by atoms with E-state index in [9.17, 15) is 9.90 Å². The van der Waals surface area contributed by atoms with Gasteiger partial charge in [0.1, 0.15) is 15.5 Å². The molecule has 0 fully saturated rings. The second-order valence-corrected chi connectivity index (χ2v) is 6.60. The fraction of sp³-hybridized carbons (Fsp3) is 0.500. The van der Waals surface area contributed by atoms with Crippen LogP contribution in [-0.2, 0) is 4.74 Å². The highest BCUT2D eigenvalue weighted by atomic mass is 35.5. The quantitative estimate of drug-likeness (QED) is 0.641. The van der Waals surface area contributed by atoms with E-state index in [0.29, 0.717) is 22.1 Å². The maximum absolute atomic E-state index is 12.2. The number of nitrogens with zero attached hydrogens (tertiary/aromatic N) is 2. The third kappa shape index (κ3) is 3.66. The summed E-state index contributed by atoms with van der Waals surface area (Å²) in [5, 5.41) is 13.3. The highest BCUT2D eigenvalue weighted by Gasteiger charge is 2.22. The van der Waals surface area contributed by atoms with E-state index < -0.39 is 6.10 Å². The van der Waals surface area contributed by atoms with Crippen LogP contribution in [0, 0.1) is 6.92 Å². The zero-order chi connectivity index (χ0) is 16.4. The predicted molar refractivity (Wildman–Crippen MR) is 87.9 cm³/mol. The number of esters is 1. The molecule has 1 unspecified atom stereocenters. The maximum atomic E-state index is 12.2. The van der Waals surface area contributed by atoms with Gasteiger partial charge in [-0.3, -0.25) is 0 Å². The lowest BCUT2D eigenvalue weighted by molar-refractivity contribution is 0.0383. The average Bonchev–Trinajstić information content (AvgIpc) is 2.72. The number of aliphatic hydroxyl groups excluding tert-OH is 1. The van der Waals surface area contributed by atoms with Crippen LogP contribution >= 0.6 is 22.9 Å². The molecule has 0 saturated carbocycles. The molecule has 0 aliphatic heterocycles. The summed E-state index contributed by atoms with van der Waals surface area (Å²) in [5.74, 6) is 0.126. The van der Waals surface area contributed by atoms with Crippen molar-refractivity contribution in [1.82, 2.24) is 9.97 Å². The van der Waals surface area contributed by atoms with Crippen molar-refractivity contribution in [3.8, 4) is 0 Å². The van der Waals surface area contributed by atoms with Gasteiger partial charge in [-0.2, -0.15) is 0 Å². The SMILES string of the molecule is Cc1c(C(=O)OC(C)C)sc2nc(Cl)nc(NCC(C)O)c12. The number of hydrogen-bond donors (Lipinski definition) is 2. The molecule has 22 heavy (non-hydrogen) atoms. The monoisotopic (exact) mass is 343 g/mol. The predicted octanol–water partition coefficient (Wildman–Crippen LogP) is 3.01. The summed E-state index contributed by atoms with van der Waals surface area (Å²) in [6.07, 6.45) is -0.729. The van der Waals surface area contributed by atoms with Gasteiger partial charge in [0.15, 0.2) is 0 Å². The van der Waals surface area contributed by atoms with Crippen LogP contribution in [0.2, 0.25) is 5.28 Å². The van der Waals surface area contributed by atoms with Gasteiger partial charge >= 0.3 is 5.97 Å². The molecule has 6 nitrogen and oxygen atoms in total. The molecule has 0 aliphatic carbocycles. The third-order valence-electron chi connectivity index (χ3n) is 2.86. The van der Waals surface area contributed by atoms with Crippen LogP contribution in [0.5, 0.6) is 0 Å². The number of aliphatic hydroxyl groups is 1. The number of anilines is 1. The van der Waals surface area contributed by atoms with Crippen LogP contribution in [0.15, 0.2) is 0 Å². The molecule has 0 bridgehead atoms. The summed E-state index contributed by atoms with van der Waals surface area (Å²) in [6, 6.07) is 0. The van der Waals surface area contributed by atoms with Gasteiger partial charge in [0.2, 0.25) is 5.28 Å². The molecule has 0 aliphatic rings. The van der Waals surface area contributed by atoms with Crippen molar-refractivity contribution >= 4 is 44.9 Å². The van der Waals surface area contributed by atoms with Crippen molar-refractivity contribution in [2.24, 2.45) is 0 Å². The number of aryl methyl sites for hydroxylation is 1. The molecular weight excluding hydrogens is 326 g/mol. The van der Waals surface area contributed by atoms with E-state index in [-0.39, 0.29) is 17.4 Å². The van der Waals surface area contributed by atoms with Gasteiger partial charge in [0.05, 0.1) is 17.6 Å². The highest BCUT2D eigenvalue weighted by molar-refractivity contribution is 7.20. The van der Waals surface area contributed by atoms with Gasteiger partial charge in [0.25, 0.3) is 0 Å². The minimum absolute atomic E-state index is 0.0885. The van der Waals surface area contributed by atoms with E-state index in [1.165, 1.54) is 11.3 Å². The maximum Gasteiger partial charge on any atom is 0.348 e. The molecule has 0 aromatic carbocycles. The number of carbonyl (C=O) groups excluding carboxylic acids is 1. The fourth-order valence-electron chi connectivity index (χ4n) is 1.95. The van der Waals surface area contributed by atoms with Crippen molar-refractivity contribution in [2.75, 3.05) is 11.9 Å². The summed E-state index contributed by atoms with van der Waals surface area (Å²) in [5.41, 5.74) is 0.746. The average molecular weight is 344 g/mol. The molecule has 8 heteroatoms. The number of carbonyl (C=O) groups is 1. The van der Waals surface area contributed by atoms with Crippen molar-refractivity contribution in [2.45, 2.75) is 39.9 Å². The van der Waals surface area contributed by atoms with Crippen molar-refractivity contribution in [1.29, 1.82) is 0 Å². The van der Waals surface area contributed by atoms with Gasteiger partial charge in [-0.25, -0.2) is 14.8 Å². The molecule has 0 spiro atoms. The minimum Gasteiger partial charge on any atom is -0.459 e. The van der Waals surface area contributed by atoms with E-state index >= 15 is 0 Å². The molecule has 2 aromatic heterocycles. The molecular formula is C14H18ClN3O3S. The van der Waals surface area contributed by atoms with Crippen LogP contribution in [-0.4, -0.2) is 39.8 Å². The first-order valence-corrected chi connectivity index (χ1v) is 8.08. The number of fused-ring (bicyclic) bond motifs is 1. The fourth-order valence-corrected chi connectivity index (χ4v) is 3.23. The Bertz CT molecular complexity index is 700. The van der Waals surface area contributed by atoms with Crippen LogP contribution in [0.4, 0.5) is 5.82 Å². The summed E-state index contributed by atoms with van der Waals surface area (Å²) in [7, 11) is 0. The van der Waals surface area contributed by atoms with Crippen LogP contribution in [0.25, 0.3) is 10.2 Å². The van der Waals surface area contributed by atoms with E-state index in [1.54, 1.807) is 20.8 Å². The first kappa shape index (κ1) is 16.9. The van der Waals surface area contributed by atoms with Gasteiger partial charge in [0, 0.05) is 6.54 Å². The Labute approximate surface area is 137 Å². The Morgan fingerprint density at radius 2 is 2.09 bits per heavy atom. The number of rotatable bonds is 5. The summed E-state index contributed by atoms with van der Waals surface area (Å²) >= 11 is 7.15. The van der Waals surface area contributed by atoms with Crippen LogP contribution < -0.4 is 5.32 Å². The van der Waals surface area contributed by atoms with Gasteiger partial charge in [-0.05, 0) is 44.9 Å². The Morgan fingerprint density at radius 3 is 2.68 bits per heavy atom. The lowest BCUT2D eigenvalue weighted by Crippen LogP contribution is -2.16. The molecule has 2 N–H and O–H groups in total. The lowest BCUT2D eigenvalue weighted by atomic mass is 10.2. The molecule has 1 atom stereocenters. The van der Waals surface area contributed by atoms with Crippen LogP contribution in [0.1, 0.15) is 36.0 Å². The Kier molecular flexibility index (Phi) is 5.20. The van der Waals surface area contributed by atoms with Crippen molar-refractivity contribution < 1.29 is 14.6 Å². The second-order valence-electron chi connectivity index (χ2n) is 5.26. The summed E-state index contributed by atoms with van der Waals surface area (Å²) < 4.78 is 5.24. The smallest absolute Gasteiger partial charge is 0.348 e. The zero-order valence-corrected chi connectivity index (χ0v) is 14.4. The minimum atomic E-state index is -0.534. The molecule has 0 amide bonds. The largest absolute Gasteiger partial charge is 0.459 e. The summed E-state index contributed by atoms with van der Waals surface area (Å²) in [4.78, 5) is 21.6. The Hall–Kier alpha value is -1.44. The van der Waals surface area contributed by atoms with E-state index in [4.69, 9.17) is 16.3 Å². The van der Waals surface area contributed by atoms with Crippen LogP contribution in [0.3, 0.4) is 0 Å². The first-order valence-electron chi connectivity index (χ1n) is 6.89. The second kappa shape index (κ2) is 6.76. The topological polar surface area (TPSA) is 84.3 Å². The molecule has 120 valence electrons. The number of thiophene rings is 1. The van der Waals surface area contributed by atoms with E-state index in [2.05, 4.69) is 15.3 Å². The van der Waals surface area contributed by atoms with Gasteiger partial charge in [-0.15, -0.1) is 11.3 Å². The van der Waals surface area contributed by atoms with Gasteiger partial charge in [-0.1, -0.05) is 0 Å². The summed E-state index contributed by atoms with van der Waals surface area (Å²) in [6.45, 7) is 7.41. The molecule has 2 rings (SSSR count). The number of hydrogen-bond acceptors (Lipinski definition) is 7. The molecule has 2 aromatic rings. The van der Waals surface area contributed by atoms with Crippen molar-refractivity contribution in [3.05, 3.63) is 15.7 Å². The molecule has 0 radical (unpaired) electrons. The van der Waals surface area contributed by atoms with Crippen molar-refractivity contribution in [3.63, 3.8) is 0 Å². The third-order valence-corrected chi connectivity index (χ3v) is 4.19. The lowest BCUT2D eigenvalue weighted by Gasteiger charge is -2.09. The Morgan fingerprint density at radius 1 is 1.41 bits per heavy atom. The Balaban J connectivity index is 2.49. The normalized spacial score (nSPS) is 12.7. The highest BCUT2D eigenvalue weighted by Crippen LogP contribution is 2.35.